The molecule has 3 aromatic rings. The Hall–Kier alpha value is -2.71. The van der Waals surface area contributed by atoms with Crippen LogP contribution in [0.1, 0.15) is 25.8 Å². The molecule has 1 amide bonds. The Balaban J connectivity index is 1.64. The highest BCUT2D eigenvalue weighted by molar-refractivity contribution is 7.92. The summed E-state index contributed by atoms with van der Waals surface area (Å²) in [5.41, 5.74) is 2.78. The number of nitrogens with zero attached hydrogens (tertiary/aromatic N) is 3. The summed E-state index contributed by atoms with van der Waals surface area (Å²) in [6.45, 7) is 7.56. The van der Waals surface area contributed by atoms with Gasteiger partial charge in [-0.15, -0.1) is 0 Å². The van der Waals surface area contributed by atoms with Gasteiger partial charge in [0.25, 0.3) is 0 Å². The average molecular weight is 457 g/mol. The molecule has 32 heavy (non-hydrogen) atoms. The fourth-order valence-electron chi connectivity index (χ4n) is 3.75. The van der Waals surface area contributed by atoms with Crippen molar-refractivity contribution in [2.24, 2.45) is 0 Å². The lowest BCUT2D eigenvalue weighted by Crippen LogP contribution is -2.29. The summed E-state index contributed by atoms with van der Waals surface area (Å²) < 4.78 is 26.9. The molecule has 0 spiro atoms. The standard InChI is InChI=1S/C24H32N4O3S/c1-3-27(4-2)16-17-28-22-15-9-8-14-21(22)25-24(28)26-23(29)19-32(30,31)18-10-13-20-11-6-5-7-12-20/h5-9,11-12,14-15H,3-4,10,13,16-19H2,1-2H3,(H,25,26,29). The van der Waals surface area contributed by atoms with Crippen LogP contribution in [0.5, 0.6) is 0 Å². The van der Waals surface area contributed by atoms with E-state index in [2.05, 4.69) is 29.0 Å². The van der Waals surface area contributed by atoms with Gasteiger partial charge < -0.3 is 9.47 Å². The van der Waals surface area contributed by atoms with Crippen molar-refractivity contribution in [2.75, 3.05) is 36.5 Å². The molecule has 0 bridgehead atoms. The molecule has 0 unspecified atom stereocenters. The summed E-state index contributed by atoms with van der Waals surface area (Å²) in [6.07, 6.45) is 1.16. The van der Waals surface area contributed by atoms with E-state index in [-0.39, 0.29) is 5.75 Å². The van der Waals surface area contributed by atoms with E-state index >= 15 is 0 Å². The van der Waals surface area contributed by atoms with Gasteiger partial charge in [-0.05, 0) is 43.6 Å². The molecule has 0 saturated carbocycles. The molecule has 1 N–H and O–H groups in total. The molecule has 1 aromatic heterocycles. The number of hydrogen-bond acceptors (Lipinski definition) is 5. The minimum atomic E-state index is -3.50. The van der Waals surface area contributed by atoms with Crippen LogP contribution < -0.4 is 5.32 Å². The summed E-state index contributed by atoms with van der Waals surface area (Å²) in [7, 11) is -3.50. The Bertz CT molecular complexity index is 1120. The molecule has 0 fully saturated rings. The fourth-order valence-corrected chi connectivity index (χ4v) is 4.95. The number of amides is 1. The molecule has 0 aliphatic rings. The molecule has 2 aromatic carbocycles. The number of sulfone groups is 1. The van der Waals surface area contributed by atoms with Crippen molar-refractivity contribution in [1.29, 1.82) is 0 Å². The number of imidazole rings is 1. The van der Waals surface area contributed by atoms with Crippen molar-refractivity contribution in [3.8, 4) is 0 Å². The van der Waals surface area contributed by atoms with Gasteiger partial charge in [-0.1, -0.05) is 56.3 Å². The fraction of sp³-hybridized carbons (Fsp3) is 0.417. The number of hydrogen-bond donors (Lipinski definition) is 1. The maximum Gasteiger partial charge on any atom is 0.241 e. The van der Waals surface area contributed by atoms with Crippen LogP contribution in [0.3, 0.4) is 0 Å². The Labute approximate surface area is 190 Å². The van der Waals surface area contributed by atoms with Crippen molar-refractivity contribution in [3.05, 3.63) is 60.2 Å². The third-order valence-electron chi connectivity index (χ3n) is 5.55. The van der Waals surface area contributed by atoms with Crippen LogP contribution in [0.2, 0.25) is 0 Å². The van der Waals surface area contributed by atoms with E-state index in [4.69, 9.17) is 0 Å². The lowest BCUT2D eigenvalue weighted by molar-refractivity contribution is -0.113. The van der Waals surface area contributed by atoms with E-state index in [9.17, 15) is 13.2 Å². The van der Waals surface area contributed by atoms with Gasteiger partial charge in [0.15, 0.2) is 9.84 Å². The normalized spacial score (nSPS) is 11.8. The summed E-state index contributed by atoms with van der Waals surface area (Å²) in [5, 5.41) is 2.74. The van der Waals surface area contributed by atoms with Crippen molar-refractivity contribution >= 4 is 32.7 Å². The molecule has 7 nitrogen and oxygen atoms in total. The third kappa shape index (κ3) is 6.64. The van der Waals surface area contributed by atoms with Gasteiger partial charge in [0.05, 0.1) is 16.8 Å². The molecular formula is C24H32N4O3S. The maximum absolute atomic E-state index is 12.6. The highest BCUT2D eigenvalue weighted by atomic mass is 32.2. The van der Waals surface area contributed by atoms with Gasteiger partial charge in [-0.2, -0.15) is 0 Å². The second-order valence-electron chi connectivity index (χ2n) is 7.83. The Kier molecular flexibility index (Phi) is 8.41. The van der Waals surface area contributed by atoms with Crippen LogP contribution in [-0.4, -0.2) is 59.9 Å². The van der Waals surface area contributed by atoms with Crippen LogP contribution in [0.15, 0.2) is 54.6 Å². The second kappa shape index (κ2) is 11.2. The largest absolute Gasteiger partial charge is 0.309 e. The van der Waals surface area contributed by atoms with Gasteiger partial charge in [0.1, 0.15) is 5.75 Å². The SMILES string of the molecule is CCN(CC)CCn1c(NC(=O)CS(=O)(=O)CCCc2ccccc2)nc2ccccc21. The molecule has 0 radical (unpaired) electrons. The first kappa shape index (κ1) is 23.9. The molecule has 0 aliphatic carbocycles. The van der Waals surface area contributed by atoms with Crippen LogP contribution in [0.4, 0.5) is 5.95 Å². The van der Waals surface area contributed by atoms with E-state index in [1.54, 1.807) is 0 Å². The highest BCUT2D eigenvalue weighted by Gasteiger charge is 2.19. The quantitative estimate of drug-likeness (QED) is 0.452. The summed E-state index contributed by atoms with van der Waals surface area (Å²) in [4.78, 5) is 19.4. The number of anilines is 1. The van der Waals surface area contributed by atoms with Crippen molar-refractivity contribution in [3.63, 3.8) is 0 Å². The van der Waals surface area contributed by atoms with Crippen LogP contribution in [0, 0.1) is 0 Å². The minimum absolute atomic E-state index is 0.0201. The van der Waals surface area contributed by atoms with Gasteiger partial charge in [0.2, 0.25) is 11.9 Å². The van der Waals surface area contributed by atoms with E-state index in [0.29, 0.717) is 25.3 Å². The molecule has 0 saturated heterocycles. The van der Waals surface area contributed by atoms with Gasteiger partial charge in [0, 0.05) is 13.1 Å². The van der Waals surface area contributed by atoms with E-state index in [1.165, 1.54) is 0 Å². The molecular weight excluding hydrogens is 424 g/mol. The van der Waals surface area contributed by atoms with Crippen molar-refractivity contribution in [1.82, 2.24) is 14.5 Å². The van der Waals surface area contributed by atoms with Crippen LogP contribution >= 0.6 is 0 Å². The highest BCUT2D eigenvalue weighted by Crippen LogP contribution is 2.20. The Morgan fingerprint density at radius 2 is 1.72 bits per heavy atom. The smallest absolute Gasteiger partial charge is 0.241 e. The van der Waals surface area contributed by atoms with E-state index < -0.39 is 21.5 Å². The number of carbonyl (C=O) groups is 1. The second-order valence-corrected chi connectivity index (χ2v) is 10.0. The number of carbonyl (C=O) groups excluding carboxylic acids is 1. The van der Waals surface area contributed by atoms with Crippen molar-refractivity contribution < 1.29 is 13.2 Å². The number of benzene rings is 2. The van der Waals surface area contributed by atoms with E-state index in [1.807, 2.05) is 59.2 Å². The average Bonchev–Trinajstić information content (AvgIpc) is 3.11. The number of aryl methyl sites for hydroxylation is 1. The number of aromatic nitrogens is 2. The first-order valence-electron chi connectivity index (χ1n) is 11.1. The predicted octanol–water partition coefficient (Wildman–Crippen LogP) is 3.36. The molecule has 3 rings (SSSR count). The topological polar surface area (TPSA) is 84.3 Å². The lowest BCUT2D eigenvalue weighted by atomic mass is 10.1. The molecule has 1 heterocycles. The molecule has 0 aliphatic heterocycles. The minimum Gasteiger partial charge on any atom is -0.309 e. The summed E-state index contributed by atoms with van der Waals surface area (Å²) in [6, 6.07) is 17.4. The first-order chi connectivity index (χ1) is 15.4. The van der Waals surface area contributed by atoms with Gasteiger partial charge in [-0.25, -0.2) is 13.4 Å². The number of fused-ring (bicyclic) bond motifs is 1. The number of nitrogens with one attached hydrogen (secondary N) is 1. The lowest BCUT2D eigenvalue weighted by Gasteiger charge is -2.19. The molecule has 8 heteroatoms. The molecule has 172 valence electrons. The Morgan fingerprint density at radius 1 is 1.03 bits per heavy atom. The number of para-hydroxylation sites is 2. The zero-order valence-electron chi connectivity index (χ0n) is 18.8. The summed E-state index contributed by atoms with van der Waals surface area (Å²) in [5.74, 6) is -0.721. The van der Waals surface area contributed by atoms with Gasteiger partial charge in [-0.3, -0.25) is 10.1 Å². The van der Waals surface area contributed by atoms with Crippen molar-refractivity contribution in [2.45, 2.75) is 33.2 Å². The first-order valence-corrected chi connectivity index (χ1v) is 13.0. The van der Waals surface area contributed by atoms with E-state index in [0.717, 1.165) is 36.2 Å². The monoisotopic (exact) mass is 456 g/mol. The third-order valence-corrected chi connectivity index (χ3v) is 7.17. The zero-order chi connectivity index (χ0) is 23.0. The van der Waals surface area contributed by atoms with Gasteiger partial charge >= 0.3 is 0 Å². The maximum atomic E-state index is 12.6. The number of likely N-dealkylation sites (N-methyl/N-ethyl adjacent to an activating group) is 1. The predicted molar refractivity (Wildman–Crippen MR) is 130 cm³/mol. The summed E-state index contributed by atoms with van der Waals surface area (Å²) >= 11 is 0. The van der Waals surface area contributed by atoms with Crippen LogP contribution in [-0.2, 0) is 27.6 Å². The van der Waals surface area contributed by atoms with Crippen LogP contribution in [0.25, 0.3) is 11.0 Å². The number of rotatable bonds is 12. The zero-order valence-corrected chi connectivity index (χ0v) is 19.6. The molecule has 0 atom stereocenters. The Morgan fingerprint density at radius 3 is 2.44 bits per heavy atom.